The highest BCUT2D eigenvalue weighted by atomic mass is 16.5. The second-order valence-electron chi connectivity index (χ2n) is 5.08. The number of ether oxygens (including phenoxy) is 1. The van der Waals surface area contributed by atoms with Crippen LogP contribution in [-0.2, 0) is 9.53 Å². The minimum absolute atomic E-state index is 0.0773. The molecule has 2 rings (SSSR count). The molecule has 0 spiro atoms. The predicted octanol–water partition coefficient (Wildman–Crippen LogP) is 0.479. The molecule has 2 aliphatic heterocycles. The molecule has 1 amide bonds. The molecular formula is C12H22N2O2. The molecule has 0 bridgehead atoms. The highest BCUT2D eigenvalue weighted by Crippen LogP contribution is 2.24. The van der Waals surface area contributed by atoms with Gasteiger partial charge < -0.3 is 15.0 Å². The SMILES string of the molecule is COC[C@@H]1CN(C(=O)[C@H]2CCCN2)C[C@@H]1C. The van der Waals surface area contributed by atoms with Gasteiger partial charge in [-0.15, -0.1) is 0 Å². The molecule has 0 aromatic heterocycles. The van der Waals surface area contributed by atoms with Crippen molar-refractivity contribution in [3.8, 4) is 0 Å². The van der Waals surface area contributed by atoms with E-state index in [0.29, 0.717) is 17.7 Å². The van der Waals surface area contributed by atoms with Gasteiger partial charge in [-0.3, -0.25) is 4.79 Å². The van der Waals surface area contributed by atoms with E-state index in [-0.39, 0.29) is 6.04 Å². The lowest BCUT2D eigenvalue weighted by molar-refractivity contribution is -0.132. The number of carbonyl (C=O) groups is 1. The molecule has 0 aliphatic carbocycles. The maximum Gasteiger partial charge on any atom is 0.239 e. The summed E-state index contributed by atoms with van der Waals surface area (Å²) >= 11 is 0. The minimum Gasteiger partial charge on any atom is -0.384 e. The van der Waals surface area contributed by atoms with Crippen LogP contribution in [-0.4, -0.2) is 50.2 Å². The second-order valence-corrected chi connectivity index (χ2v) is 5.08. The van der Waals surface area contributed by atoms with Crippen molar-refractivity contribution in [1.82, 2.24) is 10.2 Å². The van der Waals surface area contributed by atoms with Crippen molar-refractivity contribution in [2.45, 2.75) is 25.8 Å². The van der Waals surface area contributed by atoms with Crippen LogP contribution in [0.3, 0.4) is 0 Å². The largest absolute Gasteiger partial charge is 0.384 e. The van der Waals surface area contributed by atoms with Crippen molar-refractivity contribution in [2.24, 2.45) is 11.8 Å². The zero-order valence-electron chi connectivity index (χ0n) is 10.2. The van der Waals surface area contributed by atoms with E-state index < -0.39 is 0 Å². The van der Waals surface area contributed by atoms with E-state index in [1.165, 1.54) is 0 Å². The first kappa shape index (κ1) is 11.9. The number of carbonyl (C=O) groups excluding carboxylic acids is 1. The number of hydrogen-bond donors (Lipinski definition) is 1. The summed E-state index contributed by atoms with van der Waals surface area (Å²) in [5.41, 5.74) is 0. The summed E-state index contributed by atoms with van der Waals surface area (Å²) < 4.78 is 5.20. The van der Waals surface area contributed by atoms with Crippen molar-refractivity contribution >= 4 is 5.91 Å². The van der Waals surface area contributed by atoms with Crippen LogP contribution in [0.25, 0.3) is 0 Å². The summed E-state index contributed by atoms with van der Waals surface area (Å²) in [4.78, 5) is 14.2. The molecule has 16 heavy (non-hydrogen) atoms. The van der Waals surface area contributed by atoms with Crippen LogP contribution in [0, 0.1) is 11.8 Å². The average molecular weight is 226 g/mol. The molecule has 1 N–H and O–H groups in total. The molecule has 2 fully saturated rings. The fourth-order valence-electron chi connectivity index (χ4n) is 2.76. The zero-order valence-corrected chi connectivity index (χ0v) is 10.2. The number of nitrogens with zero attached hydrogens (tertiary/aromatic N) is 1. The van der Waals surface area contributed by atoms with E-state index in [4.69, 9.17) is 4.74 Å². The van der Waals surface area contributed by atoms with Gasteiger partial charge >= 0.3 is 0 Å². The van der Waals surface area contributed by atoms with Crippen molar-refractivity contribution in [3.63, 3.8) is 0 Å². The monoisotopic (exact) mass is 226 g/mol. The molecule has 4 heteroatoms. The van der Waals surface area contributed by atoms with Gasteiger partial charge in [0.1, 0.15) is 0 Å². The predicted molar refractivity (Wildman–Crippen MR) is 62.1 cm³/mol. The fraction of sp³-hybridized carbons (Fsp3) is 0.917. The molecule has 0 aromatic carbocycles. The summed E-state index contributed by atoms with van der Waals surface area (Å²) in [5.74, 6) is 1.36. The van der Waals surface area contributed by atoms with Crippen LogP contribution in [0.15, 0.2) is 0 Å². The maximum atomic E-state index is 12.2. The highest BCUT2D eigenvalue weighted by Gasteiger charge is 2.35. The molecule has 2 heterocycles. The summed E-state index contributed by atoms with van der Waals surface area (Å²) in [6, 6.07) is 0.0773. The molecule has 0 radical (unpaired) electrons. The van der Waals surface area contributed by atoms with Crippen molar-refractivity contribution < 1.29 is 9.53 Å². The average Bonchev–Trinajstić information content (AvgIpc) is 2.88. The summed E-state index contributed by atoms with van der Waals surface area (Å²) in [5, 5.41) is 3.27. The molecule has 2 saturated heterocycles. The lowest BCUT2D eigenvalue weighted by Gasteiger charge is -2.20. The number of rotatable bonds is 3. The zero-order chi connectivity index (χ0) is 11.5. The lowest BCUT2D eigenvalue weighted by atomic mass is 10.00. The summed E-state index contributed by atoms with van der Waals surface area (Å²) in [7, 11) is 1.73. The van der Waals surface area contributed by atoms with Gasteiger partial charge in [-0.1, -0.05) is 6.92 Å². The van der Waals surface area contributed by atoms with Gasteiger partial charge in [0.15, 0.2) is 0 Å². The Bertz CT molecular complexity index is 251. The first-order chi connectivity index (χ1) is 7.72. The Morgan fingerprint density at radius 2 is 2.31 bits per heavy atom. The standard InChI is InChI=1S/C12H22N2O2/c1-9-6-14(7-10(9)8-16-2)12(15)11-4-3-5-13-11/h9-11,13H,3-8H2,1-2H3/t9-,10-,11+/m0/s1. The van der Waals surface area contributed by atoms with Crippen LogP contribution < -0.4 is 5.32 Å². The van der Waals surface area contributed by atoms with Crippen LogP contribution in [0.5, 0.6) is 0 Å². The third-order valence-electron chi connectivity index (χ3n) is 3.82. The van der Waals surface area contributed by atoms with Gasteiger partial charge in [0.05, 0.1) is 12.6 Å². The van der Waals surface area contributed by atoms with Crippen LogP contribution in [0.2, 0.25) is 0 Å². The summed E-state index contributed by atoms with van der Waals surface area (Å²) in [6.45, 7) is 5.72. The van der Waals surface area contributed by atoms with E-state index in [1.807, 2.05) is 4.90 Å². The Kier molecular flexibility index (Phi) is 3.82. The third kappa shape index (κ3) is 2.38. The fourth-order valence-corrected chi connectivity index (χ4v) is 2.76. The molecule has 0 unspecified atom stereocenters. The van der Waals surface area contributed by atoms with Crippen molar-refractivity contribution in [1.29, 1.82) is 0 Å². The normalized spacial score (nSPS) is 34.6. The van der Waals surface area contributed by atoms with E-state index in [2.05, 4.69) is 12.2 Å². The Morgan fingerprint density at radius 3 is 2.94 bits per heavy atom. The molecule has 0 aromatic rings. The highest BCUT2D eigenvalue weighted by molar-refractivity contribution is 5.82. The van der Waals surface area contributed by atoms with Gasteiger partial charge in [0.2, 0.25) is 5.91 Å². The van der Waals surface area contributed by atoms with Crippen LogP contribution in [0.1, 0.15) is 19.8 Å². The number of hydrogen-bond acceptors (Lipinski definition) is 3. The molecule has 0 saturated carbocycles. The first-order valence-electron chi connectivity index (χ1n) is 6.23. The van der Waals surface area contributed by atoms with Crippen LogP contribution in [0.4, 0.5) is 0 Å². The van der Waals surface area contributed by atoms with Crippen molar-refractivity contribution in [3.05, 3.63) is 0 Å². The van der Waals surface area contributed by atoms with Gasteiger partial charge in [-0.2, -0.15) is 0 Å². The van der Waals surface area contributed by atoms with E-state index in [9.17, 15) is 4.79 Å². The van der Waals surface area contributed by atoms with Gasteiger partial charge in [-0.05, 0) is 25.3 Å². The van der Waals surface area contributed by atoms with E-state index in [0.717, 1.165) is 39.1 Å². The number of methoxy groups -OCH3 is 1. The molecular weight excluding hydrogens is 204 g/mol. The lowest BCUT2D eigenvalue weighted by Crippen LogP contribution is -2.42. The smallest absolute Gasteiger partial charge is 0.239 e. The maximum absolute atomic E-state index is 12.2. The molecule has 2 aliphatic rings. The van der Waals surface area contributed by atoms with Gasteiger partial charge in [0.25, 0.3) is 0 Å². The van der Waals surface area contributed by atoms with E-state index in [1.54, 1.807) is 7.11 Å². The minimum atomic E-state index is 0.0773. The number of amides is 1. The third-order valence-corrected chi connectivity index (χ3v) is 3.82. The van der Waals surface area contributed by atoms with Gasteiger partial charge in [0, 0.05) is 26.1 Å². The Balaban J connectivity index is 1.88. The van der Waals surface area contributed by atoms with Crippen molar-refractivity contribution in [2.75, 3.05) is 33.4 Å². The summed E-state index contributed by atoms with van der Waals surface area (Å²) in [6.07, 6.45) is 2.12. The second kappa shape index (κ2) is 5.15. The Morgan fingerprint density at radius 1 is 1.50 bits per heavy atom. The van der Waals surface area contributed by atoms with E-state index >= 15 is 0 Å². The topological polar surface area (TPSA) is 41.6 Å². The number of nitrogens with one attached hydrogen (secondary N) is 1. The quantitative estimate of drug-likeness (QED) is 0.761. The number of likely N-dealkylation sites (tertiary alicyclic amines) is 1. The Hall–Kier alpha value is -0.610. The van der Waals surface area contributed by atoms with Crippen LogP contribution >= 0.6 is 0 Å². The molecule has 4 nitrogen and oxygen atoms in total. The molecule has 92 valence electrons. The molecule has 3 atom stereocenters. The first-order valence-corrected chi connectivity index (χ1v) is 6.23. The van der Waals surface area contributed by atoms with Gasteiger partial charge in [-0.25, -0.2) is 0 Å². The Labute approximate surface area is 97.3 Å².